The zero-order valence-corrected chi connectivity index (χ0v) is 12.8. The largest absolute Gasteiger partial charge is 0.342 e. The molecule has 0 aliphatic rings. The highest BCUT2D eigenvalue weighted by atomic mass is 35.5. The van der Waals surface area contributed by atoms with Gasteiger partial charge < -0.3 is 9.88 Å². The Hall–Kier alpha value is -1.36. The molecule has 0 fully saturated rings. The van der Waals surface area contributed by atoms with Gasteiger partial charge in [0.25, 0.3) is 0 Å². The Morgan fingerprint density at radius 3 is 3.05 bits per heavy atom. The number of rotatable bonds is 5. The van der Waals surface area contributed by atoms with E-state index in [0.717, 1.165) is 24.7 Å². The van der Waals surface area contributed by atoms with Crippen molar-refractivity contribution >= 4 is 33.8 Å². The normalized spacial score (nSPS) is 11.3. The van der Waals surface area contributed by atoms with Crippen molar-refractivity contribution in [2.75, 3.05) is 6.54 Å². The summed E-state index contributed by atoms with van der Waals surface area (Å²) in [7, 11) is 0. The molecule has 1 aromatic carbocycles. The maximum Gasteiger partial charge on any atom is 0.0794 e. The number of hydrogen-bond donors (Lipinski definition) is 1. The Morgan fingerprint density at radius 1 is 1.40 bits per heavy atom. The van der Waals surface area contributed by atoms with Gasteiger partial charge in [0.2, 0.25) is 0 Å². The SMILES string of the molecule is CCNCc1cn(Cc2cncs2)c2cc(Cl)ccc12. The molecule has 104 valence electrons. The van der Waals surface area contributed by atoms with E-state index in [1.165, 1.54) is 21.3 Å². The highest BCUT2D eigenvalue weighted by Gasteiger charge is 2.09. The minimum atomic E-state index is 0.774. The van der Waals surface area contributed by atoms with E-state index in [1.54, 1.807) is 11.3 Å². The zero-order valence-electron chi connectivity index (χ0n) is 11.3. The van der Waals surface area contributed by atoms with Crippen LogP contribution in [0.1, 0.15) is 17.4 Å². The van der Waals surface area contributed by atoms with Crippen LogP contribution >= 0.6 is 22.9 Å². The predicted molar refractivity (Wildman–Crippen MR) is 85.5 cm³/mol. The number of fused-ring (bicyclic) bond motifs is 1. The van der Waals surface area contributed by atoms with Gasteiger partial charge in [-0.15, -0.1) is 11.3 Å². The van der Waals surface area contributed by atoms with Gasteiger partial charge >= 0.3 is 0 Å². The van der Waals surface area contributed by atoms with Crippen LogP contribution in [0.15, 0.2) is 36.1 Å². The van der Waals surface area contributed by atoms with Crippen LogP contribution in [-0.2, 0) is 13.1 Å². The molecule has 0 atom stereocenters. The Kier molecular flexibility index (Phi) is 4.05. The first kappa shape index (κ1) is 13.6. The molecule has 5 heteroatoms. The third-order valence-electron chi connectivity index (χ3n) is 3.30. The fourth-order valence-electron chi connectivity index (χ4n) is 2.36. The summed E-state index contributed by atoms with van der Waals surface area (Å²) in [6.07, 6.45) is 4.13. The summed E-state index contributed by atoms with van der Waals surface area (Å²) in [5.41, 5.74) is 4.36. The van der Waals surface area contributed by atoms with E-state index >= 15 is 0 Å². The molecule has 2 heterocycles. The molecule has 1 N–H and O–H groups in total. The molecule has 20 heavy (non-hydrogen) atoms. The van der Waals surface area contributed by atoms with Crippen LogP contribution in [0.5, 0.6) is 0 Å². The van der Waals surface area contributed by atoms with Crippen LogP contribution in [0.25, 0.3) is 10.9 Å². The highest BCUT2D eigenvalue weighted by Crippen LogP contribution is 2.26. The van der Waals surface area contributed by atoms with E-state index in [-0.39, 0.29) is 0 Å². The molecule has 0 bridgehead atoms. The fourth-order valence-corrected chi connectivity index (χ4v) is 3.12. The molecule has 0 aliphatic carbocycles. The van der Waals surface area contributed by atoms with E-state index in [1.807, 2.05) is 23.8 Å². The third-order valence-corrected chi connectivity index (χ3v) is 4.30. The lowest BCUT2D eigenvalue weighted by Gasteiger charge is -2.02. The molecule has 0 unspecified atom stereocenters. The molecule has 3 nitrogen and oxygen atoms in total. The lowest BCUT2D eigenvalue weighted by molar-refractivity contribution is 0.725. The first-order chi connectivity index (χ1) is 9.78. The standard InChI is InChI=1S/C15H16ClN3S/c1-2-17-6-11-8-19(9-13-7-18-10-20-13)15-5-12(16)3-4-14(11)15/h3-5,7-8,10,17H,2,6,9H2,1H3. The molecular weight excluding hydrogens is 290 g/mol. The molecule has 0 amide bonds. The van der Waals surface area contributed by atoms with Crippen LogP contribution in [-0.4, -0.2) is 16.1 Å². The first-order valence-corrected chi connectivity index (χ1v) is 7.89. The van der Waals surface area contributed by atoms with Gasteiger partial charge in [-0.05, 0) is 24.2 Å². The van der Waals surface area contributed by atoms with Gasteiger partial charge in [-0.3, -0.25) is 4.98 Å². The number of nitrogens with one attached hydrogen (secondary N) is 1. The summed E-state index contributed by atoms with van der Waals surface area (Å²) in [5, 5.41) is 5.43. The van der Waals surface area contributed by atoms with Gasteiger partial charge in [-0.1, -0.05) is 24.6 Å². The van der Waals surface area contributed by atoms with Gasteiger partial charge in [-0.25, -0.2) is 0 Å². The second kappa shape index (κ2) is 5.95. The highest BCUT2D eigenvalue weighted by molar-refractivity contribution is 7.09. The molecule has 0 aliphatic heterocycles. The minimum Gasteiger partial charge on any atom is -0.342 e. The predicted octanol–water partition coefficient (Wildman–Crippen LogP) is 3.91. The van der Waals surface area contributed by atoms with Crippen LogP contribution in [0.3, 0.4) is 0 Å². The summed E-state index contributed by atoms with van der Waals surface area (Å²) in [6, 6.07) is 6.09. The average molecular weight is 306 g/mol. The Bertz CT molecular complexity index is 703. The Labute approximate surface area is 127 Å². The van der Waals surface area contributed by atoms with Gasteiger partial charge in [0, 0.05) is 34.2 Å². The smallest absolute Gasteiger partial charge is 0.0794 e. The van der Waals surface area contributed by atoms with Crippen molar-refractivity contribution in [1.82, 2.24) is 14.9 Å². The topological polar surface area (TPSA) is 29.9 Å². The number of halogens is 1. The quantitative estimate of drug-likeness (QED) is 0.774. The molecular formula is C15H16ClN3S. The van der Waals surface area contributed by atoms with E-state index in [4.69, 9.17) is 11.6 Å². The van der Waals surface area contributed by atoms with E-state index in [2.05, 4.69) is 34.1 Å². The lowest BCUT2D eigenvalue weighted by Crippen LogP contribution is -2.11. The van der Waals surface area contributed by atoms with Crippen molar-refractivity contribution in [1.29, 1.82) is 0 Å². The fraction of sp³-hybridized carbons (Fsp3) is 0.267. The van der Waals surface area contributed by atoms with Crippen molar-refractivity contribution in [2.45, 2.75) is 20.0 Å². The number of hydrogen-bond acceptors (Lipinski definition) is 3. The van der Waals surface area contributed by atoms with E-state index in [0.29, 0.717) is 0 Å². The molecule has 2 aromatic heterocycles. The maximum absolute atomic E-state index is 6.15. The Morgan fingerprint density at radius 2 is 2.30 bits per heavy atom. The minimum absolute atomic E-state index is 0.774. The van der Waals surface area contributed by atoms with Crippen LogP contribution in [0.2, 0.25) is 5.02 Å². The number of aromatic nitrogens is 2. The second-order valence-corrected chi connectivity index (χ2v) is 6.10. The van der Waals surface area contributed by atoms with Gasteiger partial charge in [0.15, 0.2) is 0 Å². The number of benzene rings is 1. The maximum atomic E-state index is 6.15. The van der Waals surface area contributed by atoms with E-state index < -0.39 is 0 Å². The summed E-state index contributed by atoms with van der Waals surface area (Å²) in [5.74, 6) is 0. The number of nitrogens with zero attached hydrogens (tertiary/aromatic N) is 2. The van der Waals surface area contributed by atoms with Crippen molar-refractivity contribution < 1.29 is 0 Å². The first-order valence-electron chi connectivity index (χ1n) is 6.63. The summed E-state index contributed by atoms with van der Waals surface area (Å²) >= 11 is 7.82. The summed E-state index contributed by atoms with van der Waals surface area (Å²) in [6.45, 7) is 4.81. The van der Waals surface area contributed by atoms with Crippen LogP contribution < -0.4 is 5.32 Å². The summed E-state index contributed by atoms with van der Waals surface area (Å²) in [4.78, 5) is 5.39. The molecule has 0 spiro atoms. The number of thiazole rings is 1. The van der Waals surface area contributed by atoms with Crippen molar-refractivity contribution in [3.8, 4) is 0 Å². The van der Waals surface area contributed by atoms with Crippen LogP contribution in [0.4, 0.5) is 0 Å². The zero-order chi connectivity index (χ0) is 13.9. The lowest BCUT2D eigenvalue weighted by atomic mass is 10.2. The monoisotopic (exact) mass is 305 g/mol. The Balaban J connectivity index is 2.03. The molecule has 0 saturated heterocycles. The third kappa shape index (κ3) is 2.73. The molecule has 0 saturated carbocycles. The van der Waals surface area contributed by atoms with Crippen molar-refractivity contribution in [3.05, 3.63) is 51.6 Å². The van der Waals surface area contributed by atoms with Crippen molar-refractivity contribution in [2.24, 2.45) is 0 Å². The molecule has 3 aromatic rings. The second-order valence-electron chi connectivity index (χ2n) is 4.69. The van der Waals surface area contributed by atoms with E-state index in [9.17, 15) is 0 Å². The van der Waals surface area contributed by atoms with Gasteiger partial charge in [-0.2, -0.15) is 0 Å². The van der Waals surface area contributed by atoms with Gasteiger partial charge in [0.1, 0.15) is 0 Å². The summed E-state index contributed by atoms with van der Waals surface area (Å²) < 4.78 is 2.25. The average Bonchev–Trinajstić information content (AvgIpc) is 3.06. The molecule has 0 radical (unpaired) electrons. The van der Waals surface area contributed by atoms with Crippen molar-refractivity contribution in [3.63, 3.8) is 0 Å². The molecule has 3 rings (SSSR count). The van der Waals surface area contributed by atoms with Crippen LogP contribution in [0, 0.1) is 0 Å². The van der Waals surface area contributed by atoms with Gasteiger partial charge in [0.05, 0.1) is 17.6 Å².